The zero-order valence-electron chi connectivity index (χ0n) is 15.2. The standard InChI is InChI=1S/C20H23N5O/c1-15-9-11-24(13-15)20-23-22-19(17-4-3-10-21-12-17)25(20)14-16-5-7-18(26-2)8-6-16/h3-8,10,12,15H,9,11,13-14H2,1-2H3. The van der Waals surface area contributed by atoms with Crippen molar-refractivity contribution in [2.75, 3.05) is 25.1 Å². The minimum absolute atomic E-state index is 0.683. The summed E-state index contributed by atoms with van der Waals surface area (Å²) in [6.07, 6.45) is 4.80. The quantitative estimate of drug-likeness (QED) is 0.708. The van der Waals surface area contributed by atoms with Gasteiger partial charge in [-0.15, -0.1) is 10.2 Å². The minimum atomic E-state index is 0.683. The fourth-order valence-electron chi connectivity index (χ4n) is 3.41. The number of anilines is 1. The topological polar surface area (TPSA) is 56.1 Å². The van der Waals surface area contributed by atoms with Crippen molar-refractivity contribution in [3.05, 3.63) is 54.4 Å². The normalized spacial score (nSPS) is 16.8. The summed E-state index contributed by atoms with van der Waals surface area (Å²) in [4.78, 5) is 6.57. The Bertz CT molecular complexity index is 860. The van der Waals surface area contributed by atoms with Crippen LogP contribution in [0.25, 0.3) is 11.4 Å². The minimum Gasteiger partial charge on any atom is -0.497 e. The number of hydrogen-bond acceptors (Lipinski definition) is 5. The van der Waals surface area contributed by atoms with Crippen molar-refractivity contribution in [1.29, 1.82) is 0 Å². The second kappa shape index (κ2) is 7.15. The van der Waals surface area contributed by atoms with Crippen LogP contribution in [-0.4, -0.2) is 39.9 Å². The maximum Gasteiger partial charge on any atom is 0.227 e. The van der Waals surface area contributed by atoms with Gasteiger partial charge in [-0.25, -0.2) is 0 Å². The van der Waals surface area contributed by atoms with Gasteiger partial charge in [0.25, 0.3) is 0 Å². The molecule has 6 heteroatoms. The SMILES string of the molecule is COc1ccc(Cn2c(-c3cccnc3)nnc2N2CCC(C)C2)cc1. The Morgan fingerprint density at radius 1 is 1.15 bits per heavy atom. The molecule has 1 unspecified atom stereocenters. The number of rotatable bonds is 5. The first kappa shape index (κ1) is 16.6. The molecule has 1 aliphatic heterocycles. The average molecular weight is 349 g/mol. The molecule has 0 radical (unpaired) electrons. The van der Waals surface area contributed by atoms with Crippen molar-refractivity contribution in [3.8, 4) is 17.1 Å². The maximum atomic E-state index is 5.27. The molecule has 3 heterocycles. The third-order valence-electron chi connectivity index (χ3n) is 4.86. The van der Waals surface area contributed by atoms with E-state index in [1.165, 1.54) is 12.0 Å². The molecule has 0 spiro atoms. The summed E-state index contributed by atoms with van der Waals surface area (Å²) in [5.41, 5.74) is 2.16. The molecule has 1 fully saturated rings. The lowest BCUT2D eigenvalue weighted by molar-refractivity contribution is 0.414. The van der Waals surface area contributed by atoms with E-state index in [0.29, 0.717) is 12.5 Å². The Labute approximate surface area is 153 Å². The molecule has 0 bridgehead atoms. The van der Waals surface area contributed by atoms with Crippen LogP contribution in [-0.2, 0) is 6.54 Å². The van der Waals surface area contributed by atoms with Gasteiger partial charge >= 0.3 is 0 Å². The molecular formula is C20H23N5O. The molecule has 2 aromatic heterocycles. The summed E-state index contributed by atoms with van der Waals surface area (Å²) < 4.78 is 7.46. The first-order valence-electron chi connectivity index (χ1n) is 8.96. The van der Waals surface area contributed by atoms with E-state index in [1.807, 2.05) is 30.5 Å². The molecule has 26 heavy (non-hydrogen) atoms. The predicted molar refractivity (Wildman–Crippen MR) is 101 cm³/mol. The monoisotopic (exact) mass is 349 g/mol. The predicted octanol–water partition coefficient (Wildman–Crippen LogP) is 3.24. The van der Waals surface area contributed by atoms with Crippen LogP contribution >= 0.6 is 0 Å². The fourth-order valence-corrected chi connectivity index (χ4v) is 3.41. The van der Waals surface area contributed by atoms with Crippen molar-refractivity contribution in [2.45, 2.75) is 19.9 Å². The van der Waals surface area contributed by atoms with Crippen molar-refractivity contribution in [2.24, 2.45) is 5.92 Å². The smallest absolute Gasteiger partial charge is 0.227 e. The van der Waals surface area contributed by atoms with Crippen LogP contribution < -0.4 is 9.64 Å². The van der Waals surface area contributed by atoms with E-state index in [0.717, 1.165) is 36.2 Å². The molecule has 0 N–H and O–H groups in total. The second-order valence-electron chi connectivity index (χ2n) is 6.84. The van der Waals surface area contributed by atoms with Gasteiger partial charge in [-0.05, 0) is 42.2 Å². The molecule has 0 amide bonds. The van der Waals surface area contributed by atoms with Gasteiger partial charge in [0, 0.05) is 31.0 Å². The Morgan fingerprint density at radius 3 is 2.65 bits per heavy atom. The van der Waals surface area contributed by atoms with E-state index in [-0.39, 0.29) is 0 Å². The van der Waals surface area contributed by atoms with Gasteiger partial charge in [0.15, 0.2) is 5.82 Å². The fraction of sp³-hybridized carbons (Fsp3) is 0.350. The molecule has 1 atom stereocenters. The third-order valence-corrected chi connectivity index (χ3v) is 4.86. The van der Waals surface area contributed by atoms with Gasteiger partial charge in [0.05, 0.1) is 13.7 Å². The summed E-state index contributed by atoms with van der Waals surface area (Å²) in [5.74, 6) is 3.33. The van der Waals surface area contributed by atoms with E-state index >= 15 is 0 Å². The van der Waals surface area contributed by atoms with Gasteiger partial charge < -0.3 is 9.64 Å². The highest BCUT2D eigenvalue weighted by molar-refractivity contribution is 5.57. The summed E-state index contributed by atoms with van der Waals surface area (Å²) >= 11 is 0. The second-order valence-corrected chi connectivity index (χ2v) is 6.84. The van der Waals surface area contributed by atoms with Crippen LogP contribution in [0.4, 0.5) is 5.95 Å². The highest BCUT2D eigenvalue weighted by Gasteiger charge is 2.25. The molecule has 6 nitrogen and oxygen atoms in total. The number of hydrogen-bond donors (Lipinski definition) is 0. The summed E-state index contributed by atoms with van der Waals surface area (Å²) in [7, 11) is 1.68. The van der Waals surface area contributed by atoms with Crippen LogP contribution in [0, 0.1) is 5.92 Å². The van der Waals surface area contributed by atoms with E-state index in [1.54, 1.807) is 13.3 Å². The van der Waals surface area contributed by atoms with E-state index < -0.39 is 0 Å². The highest BCUT2D eigenvalue weighted by atomic mass is 16.5. The molecular weight excluding hydrogens is 326 g/mol. The number of ether oxygens (including phenoxy) is 1. The van der Waals surface area contributed by atoms with Crippen LogP contribution in [0.1, 0.15) is 18.9 Å². The Kier molecular flexibility index (Phi) is 4.56. The number of benzene rings is 1. The maximum absolute atomic E-state index is 5.27. The highest BCUT2D eigenvalue weighted by Crippen LogP contribution is 2.27. The lowest BCUT2D eigenvalue weighted by Crippen LogP contribution is -2.23. The lowest BCUT2D eigenvalue weighted by atomic mass is 10.2. The third kappa shape index (κ3) is 3.27. The summed E-state index contributed by atoms with van der Waals surface area (Å²) in [5, 5.41) is 9.02. The van der Waals surface area contributed by atoms with Gasteiger partial charge in [-0.2, -0.15) is 0 Å². The molecule has 1 saturated heterocycles. The number of aromatic nitrogens is 4. The van der Waals surface area contributed by atoms with Crippen LogP contribution in [0.3, 0.4) is 0 Å². The lowest BCUT2D eigenvalue weighted by Gasteiger charge is -2.19. The molecule has 1 aliphatic rings. The van der Waals surface area contributed by atoms with Crippen LogP contribution in [0.2, 0.25) is 0 Å². The Morgan fingerprint density at radius 2 is 2.00 bits per heavy atom. The molecule has 1 aromatic carbocycles. The van der Waals surface area contributed by atoms with Crippen LogP contribution in [0.15, 0.2) is 48.8 Å². The molecule has 3 aromatic rings. The number of nitrogens with zero attached hydrogens (tertiary/aromatic N) is 5. The van der Waals surface area contributed by atoms with Crippen molar-refractivity contribution < 1.29 is 4.74 Å². The van der Waals surface area contributed by atoms with Crippen molar-refractivity contribution >= 4 is 5.95 Å². The Balaban J connectivity index is 1.72. The molecule has 134 valence electrons. The van der Waals surface area contributed by atoms with Crippen molar-refractivity contribution in [1.82, 2.24) is 19.7 Å². The van der Waals surface area contributed by atoms with E-state index in [4.69, 9.17) is 4.74 Å². The number of pyridine rings is 1. The van der Waals surface area contributed by atoms with E-state index in [9.17, 15) is 0 Å². The average Bonchev–Trinajstić information content (AvgIpc) is 3.29. The van der Waals surface area contributed by atoms with E-state index in [2.05, 4.69) is 43.7 Å². The van der Waals surface area contributed by atoms with Gasteiger partial charge in [-0.1, -0.05) is 19.1 Å². The molecule has 4 rings (SSSR count). The van der Waals surface area contributed by atoms with Crippen LogP contribution in [0.5, 0.6) is 5.75 Å². The summed E-state index contributed by atoms with van der Waals surface area (Å²) in [6, 6.07) is 12.1. The molecule has 0 aliphatic carbocycles. The van der Waals surface area contributed by atoms with Gasteiger partial charge in [0.2, 0.25) is 5.95 Å². The number of methoxy groups -OCH3 is 1. The molecule has 0 saturated carbocycles. The summed E-state index contributed by atoms with van der Waals surface area (Å²) in [6.45, 7) is 5.04. The largest absolute Gasteiger partial charge is 0.497 e. The van der Waals surface area contributed by atoms with Gasteiger partial charge in [-0.3, -0.25) is 9.55 Å². The van der Waals surface area contributed by atoms with Crippen molar-refractivity contribution in [3.63, 3.8) is 0 Å². The zero-order chi connectivity index (χ0) is 17.9. The Hall–Kier alpha value is -2.89. The first-order chi connectivity index (χ1) is 12.7. The first-order valence-corrected chi connectivity index (χ1v) is 8.96. The zero-order valence-corrected chi connectivity index (χ0v) is 15.2. The van der Waals surface area contributed by atoms with Gasteiger partial charge in [0.1, 0.15) is 5.75 Å².